The molecule has 0 spiro atoms. The summed E-state index contributed by atoms with van der Waals surface area (Å²) in [4.78, 5) is 0. The third-order valence-corrected chi connectivity index (χ3v) is 5.91. The lowest BCUT2D eigenvalue weighted by atomic mass is 9.48. The zero-order valence-corrected chi connectivity index (χ0v) is 11.1. The van der Waals surface area contributed by atoms with Crippen molar-refractivity contribution in [2.45, 2.75) is 72.6 Å². The van der Waals surface area contributed by atoms with Gasteiger partial charge in [-0.1, -0.05) is 47.0 Å². The zero-order chi connectivity index (χ0) is 11.1. The summed E-state index contributed by atoms with van der Waals surface area (Å²) in [5.41, 5.74) is 1.32. The van der Waals surface area contributed by atoms with Gasteiger partial charge in [-0.25, -0.2) is 0 Å². The van der Waals surface area contributed by atoms with Crippen molar-refractivity contribution in [1.29, 1.82) is 0 Å². The van der Waals surface area contributed by atoms with E-state index in [1.807, 2.05) is 0 Å². The smallest absolute Gasteiger partial charge is 0.0269 e. The summed E-state index contributed by atoms with van der Waals surface area (Å²) in [7, 11) is 0. The lowest BCUT2D eigenvalue weighted by Gasteiger charge is -2.57. The largest absolute Gasteiger partial charge is 0.0622 e. The first-order valence-electron chi connectivity index (χ1n) is 6.99. The molecule has 0 aromatic rings. The van der Waals surface area contributed by atoms with Crippen molar-refractivity contribution in [2.24, 2.45) is 22.7 Å². The van der Waals surface area contributed by atoms with Gasteiger partial charge in [-0.3, -0.25) is 0 Å². The van der Waals surface area contributed by atoms with Gasteiger partial charge in [0.05, 0.1) is 0 Å². The van der Waals surface area contributed by atoms with Crippen LogP contribution in [0, 0.1) is 22.7 Å². The van der Waals surface area contributed by atoms with Crippen LogP contribution in [0.25, 0.3) is 0 Å². The summed E-state index contributed by atoms with van der Waals surface area (Å²) in [5.74, 6) is 1.87. The first kappa shape index (κ1) is 11.5. The van der Waals surface area contributed by atoms with E-state index in [0.29, 0.717) is 10.8 Å². The highest BCUT2D eigenvalue weighted by Crippen LogP contribution is 2.60. The van der Waals surface area contributed by atoms with E-state index in [1.54, 1.807) is 0 Å². The fourth-order valence-corrected chi connectivity index (χ4v) is 4.56. The molecule has 3 unspecified atom stereocenters. The highest BCUT2D eigenvalue weighted by Gasteiger charge is 2.50. The van der Waals surface area contributed by atoms with Crippen molar-refractivity contribution in [3.8, 4) is 0 Å². The van der Waals surface area contributed by atoms with Crippen molar-refractivity contribution >= 4 is 0 Å². The van der Waals surface area contributed by atoms with Gasteiger partial charge >= 0.3 is 0 Å². The predicted octanol–water partition coefficient (Wildman–Crippen LogP) is 5.03. The maximum Gasteiger partial charge on any atom is -0.0269 e. The van der Waals surface area contributed by atoms with Gasteiger partial charge in [-0.05, 0) is 48.3 Å². The molecule has 2 rings (SSSR count). The third kappa shape index (κ3) is 1.74. The Morgan fingerprint density at radius 3 is 2.27 bits per heavy atom. The molecule has 0 amide bonds. The number of hydrogen-bond donors (Lipinski definition) is 0. The first-order valence-corrected chi connectivity index (χ1v) is 6.99. The van der Waals surface area contributed by atoms with Crippen molar-refractivity contribution in [3.63, 3.8) is 0 Å². The molecule has 0 aromatic heterocycles. The second-order valence-corrected chi connectivity index (χ2v) is 6.97. The Balaban J connectivity index is 2.26. The lowest BCUT2D eigenvalue weighted by Crippen LogP contribution is -2.47. The fourth-order valence-electron chi connectivity index (χ4n) is 4.56. The van der Waals surface area contributed by atoms with Crippen LogP contribution in [0.2, 0.25) is 0 Å². The standard InChI is InChI=1S/C15H28/c1-12(2)15(4)11-7-10-14(3)9-6-5-8-13(14)15/h12-13H,5-11H2,1-4H3. The molecule has 0 nitrogen and oxygen atoms in total. The molecular formula is C15H28. The van der Waals surface area contributed by atoms with Gasteiger partial charge in [0.1, 0.15) is 0 Å². The molecule has 3 atom stereocenters. The van der Waals surface area contributed by atoms with Gasteiger partial charge < -0.3 is 0 Å². The molecule has 15 heavy (non-hydrogen) atoms. The van der Waals surface area contributed by atoms with Crippen molar-refractivity contribution in [2.75, 3.05) is 0 Å². The summed E-state index contributed by atoms with van der Waals surface area (Å²) in [5, 5.41) is 0. The maximum atomic E-state index is 2.58. The highest BCUT2D eigenvalue weighted by molar-refractivity contribution is 5.00. The second kappa shape index (κ2) is 3.79. The van der Waals surface area contributed by atoms with Crippen LogP contribution in [0.3, 0.4) is 0 Å². The van der Waals surface area contributed by atoms with Gasteiger partial charge in [0, 0.05) is 0 Å². The van der Waals surface area contributed by atoms with Crippen molar-refractivity contribution < 1.29 is 0 Å². The molecule has 2 saturated carbocycles. The maximum absolute atomic E-state index is 2.58. The molecule has 0 aromatic carbocycles. The summed E-state index contributed by atoms with van der Waals surface area (Å²) in [6.07, 6.45) is 10.4. The molecule has 2 aliphatic rings. The fraction of sp³-hybridized carbons (Fsp3) is 1.00. The number of rotatable bonds is 1. The van der Waals surface area contributed by atoms with Gasteiger partial charge in [0.25, 0.3) is 0 Å². The van der Waals surface area contributed by atoms with Crippen LogP contribution in [0.4, 0.5) is 0 Å². The van der Waals surface area contributed by atoms with Crippen LogP contribution >= 0.6 is 0 Å². The minimum Gasteiger partial charge on any atom is -0.0622 e. The predicted molar refractivity (Wildman–Crippen MR) is 66.9 cm³/mol. The molecule has 0 bridgehead atoms. The Morgan fingerprint density at radius 2 is 1.60 bits per heavy atom. The molecule has 0 heterocycles. The van der Waals surface area contributed by atoms with Crippen LogP contribution in [-0.4, -0.2) is 0 Å². The van der Waals surface area contributed by atoms with E-state index in [1.165, 1.54) is 44.9 Å². The van der Waals surface area contributed by atoms with E-state index in [4.69, 9.17) is 0 Å². The Morgan fingerprint density at radius 1 is 0.933 bits per heavy atom. The Hall–Kier alpha value is 0. The van der Waals surface area contributed by atoms with Gasteiger partial charge in [-0.15, -0.1) is 0 Å². The molecule has 2 fully saturated rings. The molecule has 0 aliphatic heterocycles. The quantitative estimate of drug-likeness (QED) is 0.567. The van der Waals surface area contributed by atoms with E-state index in [2.05, 4.69) is 27.7 Å². The first-order chi connectivity index (χ1) is 6.99. The van der Waals surface area contributed by atoms with Crippen LogP contribution < -0.4 is 0 Å². The van der Waals surface area contributed by atoms with Gasteiger partial charge in [0.2, 0.25) is 0 Å². The van der Waals surface area contributed by atoms with Crippen LogP contribution in [0.1, 0.15) is 72.6 Å². The average Bonchev–Trinajstić information content (AvgIpc) is 2.17. The third-order valence-electron chi connectivity index (χ3n) is 5.91. The minimum absolute atomic E-state index is 0.632. The molecule has 0 radical (unpaired) electrons. The van der Waals surface area contributed by atoms with Gasteiger partial charge in [-0.2, -0.15) is 0 Å². The van der Waals surface area contributed by atoms with Gasteiger partial charge in [0.15, 0.2) is 0 Å². The molecule has 0 heteroatoms. The Bertz CT molecular complexity index is 226. The summed E-state index contributed by atoms with van der Waals surface area (Å²) >= 11 is 0. The molecule has 0 N–H and O–H groups in total. The molecule has 2 aliphatic carbocycles. The normalized spacial score (nSPS) is 46.6. The van der Waals surface area contributed by atoms with Crippen LogP contribution in [0.15, 0.2) is 0 Å². The van der Waals surface area contributed by atoms with Crippen LogP contribution in [0.5, 0.6) is 0 Å². The zero-order valence-electron chi connectivity index (χ0n) is 11.1. The topological polar surface area (TPSA) is 0 Å². The Labute approximate surface area is 95.8 Å². The molecule has 0 saturated heterocycles. The monoisotopic (exact) mass is 208 g/mol. The number of hydrogen-bond acceptors (Lipinski definition) is 0. The van der Waals surface area contributed by atoms with E-state index >= 15 is 0 Å². The highest BCUT2D eigenvalue weighted by atomic mass is 14.5. The SMILES string of the molecule is CC(C)C1(C)CCCC2(C)CCCCC21. The Kier molecular flexibility index (Phi) is 2.90. The summed E-state index contributed by atoms with van der Waals surface area (Å²) in [6.45, 7) is 10.0. The van der Waals surface area contributed by atoms with Crippen molar-refractivity contribution in [1.82, 2.24) is 0 Å². The molecular weight excluding hydrogens is 180 g/mol. The second-order valence-electron chi connectivity index (χ2n) is 6.97. The van der Waals surface area contributed by atoms with Crippen LogP contribution in [-0.2, 0) is 0 Å². The minimum atomic E-state index is 0.632. The average molecular weight is 208 g/mol. The van der Waals surface area contributed by atoms with E-state index in [0.717, 1.165) is 11.8 Å². The summed E-state index contributed by atoms with van der Waals surface area (Å²) in [6, 6.07) is 0. The lowest BCUT2D eigenvalue weighted by molar-refractivity contribution is -0.0676. The van der Waals surface area contributed by atoms with E-state index in [-0.39, 0.29) is 0 Å². The number of fused-ring (bicyclic) bond motifs is 1. The van der Waals surface area contributed by atoms with Crippen molar-refractivity contribution in [3.05, 3.63) is 0 Å². The molecule has 88 valence electrons. The summed E-state index contributed by atoms with van der Waals surface area (Å²) < 4.78 is 0. The van der Waals surface area contributed by atoms with E-state index < -0.39 is 0 Å². The van der Waals surface area contributed by atoms with E-state index in [9.17, 15) is 0 Å².